The topological polar surface area (TPSA) is 31.4 Å². The number of nitrogens with zero attached hydrogens (tertiary/aromatic N) is 2. The van der Waals surface area contributed by atoms with Gasteiger partial charge in [0.25, 0.3) is 0 Å². The summed E-state index contributed by atoms with van der Waals surface area (Å²) in [5, 5.41) is 0. The molecule has 0 bridgehead atoms. The molecule has 2 aromatic carbocycles. The summed E-state index contributed by atoms with van der Waals surface area (Å²) >= 11 is 0. The first-order valence-electron chi connectivity index (χ1n) is 10.00. The van der Waals surface area contributed by atoms with Gasteiger partial charge in [0.15, 0.2) is 0 Å². The van der Waals surface area contributed by atoms with Crippen molar-refractivity contribution in [2.24, 2.45) is 4.99 Å². The maximum atomic E-state index is 4.32. The summed E-state index contributed by atoms with van der Waals surface area (Å²) in [7, 11) is 1.79. The van der Waals surface area contributed by atoms with Gasteiger partial charge in [-0.1, -0.05) is 61.7 Å². The Hall–Kier alpha value is -3.85. The van der Waals surface area contributed by atoms with E-state index in [4.69, 9.17) is 0 Å². The van der Waals surface area contributed by atoms with Crippen LogP contribution in [0.5, 0.6) is 0 Å². The molecule has 148 valence electrons. The maximum Gasteiger partial charge on any atom is 0.0567 e. The Labute approximate surface area is 178 Å². The average Bonchev–Trinajstić information content (AvgIpc) is 3.09. The Morgan fingerprint density at radius 3 is 2.37 bits per heavy atom. The van der Waals surface area contributed by atoms with Crippen LogP contribution in [0.15, 0.2) is 96.7 Å². The number of aromatic nitrogens is 1. The number of benzene rings is 2. The third-order valence-corrected chi connectivity index (χ3v) is 5.28. The number of hydrogen-bond donors (Lipinski definition) is 1. The Morgan fingerprint density at radius 1 is 0.967 bits per heavy atom. The molecule has 4 rings (SSSR count). The molecule has 0 aliphatic carbocycles. The summed E-state index contributed by atoms with van der Waals surface area (Å²) in [6.45, 7) is 10.2. The lowest BCUT2D eigenvalue weighted by atomic mass is 9.96. The van der Waals surface area contributed by atoms with Crippen LogP contribution in [-0.4, -0.2) is 18.2 Å². The van der Waals surface area contributed by atoms with E-state index >= 15 is 0 Å². The second kappa shape index (κ2) is 8.26. The molecule has 0 spiro atoms. The number of anilines is 2. The summed E-state index contributed by atoms with van der Waals surface area (Å²) < 4.78 is 0. The molecule has 0 saturated carbocycles. The lowest BCUT2D eigenvalue weighted by molar-refractivity contribution is 1.22. The van der Waals surface area contributed by atoms with Gasteiger partial charge in [-0.2, -0.15) is 0 Å². The summed E-state index contributed by atoms with van der Waals surface area (Å²) in [4.78, 5) is 10.2. The average molecular weight is 392 g/mol. The Kier molecular flexibility index (Phi) is 5.36. The van der Waals surface area contributed by atoms with Crippen LogP contribution in [0.25, 0.3) is 22.9 Å². The fourth-order valence-corrected chi connectivity index (χ4v) is 4.08. The summed E-state index contributed by atoms with van der Waals surface area (Å²) in [5.41, 5.74) is 9.53. The number of nitrogens with one attached hydrogen (secondary N) is 1. The summed E-state index contributed by atoms with van der Waals surface area (Å²) in [6, 6.07) is 18.9. The van der Waals surface area contributed by atoms with Gasteiger partial charge in [0, 0.05) is 46.9 Å². The first-order valence-corrected chi connectivity index (χ1v) is 10.00. The van der Waals surface area contributed by atoms with E-state index in [1.807, 2.05) is 31.4 Å². The minimum Gasteiger partial charge on any atom is -0.354 e. The van der Waals surface area contributed by atoms with Gasteiger partial charge >= 0.3 is 0 Å². The van der Waals surface area contributed by atoms with Crippen molar-refractivity contribution in [3.05, 3.63) is 109 Å². The molecule has 3 heteroatoms. The molecule has 3 aromatic rings. The number of H-pyrrole nitrogens is 1. The van der Waals surface area contributed by atoms with Crippen LogP contribution in [0.1, 0.15) is 23.7 Å². The van der Waals surface area contributed by atoms with Crippen LogP contribution in [0.3, 0.4) is 0 Å². The highest BCUT2D eigenvalue weighted by Gasteiger charge is 2.29. The van der Waals surface area contributed by atoms with Crippen molar-refractivity contribution < 1.29 is 0 Å². The Bertz CT molecular complexity index is 1190. The van der Waals surface area contributed by atoms with Gasteiger partial charge in [0.2, 0.25) is 0 Å². The molecule has 3 nitrogen and oxygen atoms in total. The third-order valence-electron chi connectivity index (χ3n) is 5.28. The molecular formula is C27H25N3. The number of aliphatic imine (C=N–C) groups is 1. The number of allylic oxidation sites excluding steroid dienone is 4. The highest BCUT2D eigenvalue weighted by Crippen LogP contribution is 2.47. The van der Waals surface area contributed by atoms with Crippen LogP contribution in [0.4, 0.5) is 11.4 Å². The summed E-state index contributed by atoms with van der Waals surface area (Å²) in [5.74, 6) is 0. The first kappa shape index (κ1) is 19.5. The van der Waals surface area contributed by atoms with Crippen molar-refractivity contribution in [1.29, 1.82) is 0 Å². The lowest BCUT2D eigenvalue weighted by Crippen LogP contribution is -2.16. The predicted octanol–water partition coefficient (Wildman–Crippen LogP) is 7.00. The molecule has 30 heavy (non-hydrogen) atoms. The van der Waals surface area contributed by atoms with Crippen molar-refractivity contribution in [2.45, 2.75) is 6.92 Å². The third kappa shape index (κ3) is 3.05. The standard InChI is InChI=1S/C27H25N3/c1-5-13-24-20(6-2)26-22(18-28-4)23(7-3)29-27(26)21-16-11-12-17-25(21)30(24)19-14-9-8-10-15-19/h5-18,29H,2-3H2,1,4H3/b13-5-,28-18?. The van der Waals surface area contributed by atoms with Gasteiger partial charge < -0.3 is 9.88 Å². The largest absolute Gasteiger partial charge is 0.354 e. The highest BCUT2D eigenvalue weighted by atomic mass is 15.2. The zero-order valence-electron chi connectivity index (χ0n) is 17.4. The zero-order valence-corrected chi connectivity index (χ0v) is 17.4. The Balaban J connectivity index is 2.20. The summed E-state index contributed by atoms with van der Waals surface area (Å²) in [6.07, 6.45) is 9.88. The van der Waals surface area contributed by atoms with Crippen LogP contribution in [-0.2, 0) is 0 Å². The highest BCUT2D eigenvalue weighted by molar-refractivity contribution is 6.05. The fourth-order valence-electron chi connectivity index (χ4n) is 4.08. The van der Waals surface area contributed by atoms with E-state index in [0.29, 0.717) is 0 Å². The molecule has 1 N–H and O–H groups in total. The lowest BCUT2D eigenvalue weighted by Gasteiger charge is -2.28. The predicted molar refractivity (Wildman–Crippen MR) is 130 cm³/mol. The number of hydrogen-bond acceptors (Lipinski definition) is 2. The molecule has 0 amide bonds. The van der Waals surface area contributed by atoms with E-state index < -0.39 is 0 Å². The molecule has 0 fully saturated rings. The molecule has 0 saturated heterocycles. The molecule has 0 unspecified atom stereocenters. The molecule has 0 atom stereocenters. The second-order valence-electron chi connectivity index (χ2n) is 6.98. The van der Waals surface area contributed by atoms with Crippen molar-refractivity contribution in [3.8, 4) is 11.3 Å². The van der Waals surface area contributed by atoms with Gasteiger partial charge in [-0.05, 0) is 37.3 Å². The fraction of sp³-hybridized carbons (Fsp3) is 0.0741. The minimum absolute atomic E-state index is 0.952. The van der Waals surface area contributed by atoms with Gasteiger partial charge in [-0.25, -0.2) is 0 Å². The van der Waals surface area contributed by atoms with E-state index in [-0.39, 0.29) is 0 Å². The van der Waals surface area contributed by atoms with E-state index in [0.717, 1.165) is 50.7 Å². The second-order valence-corrected chi connectivity index (χ2v) is 6.98. The molecule has 1 aliphatic rings. The molecule has 1 aromatic heterocycles. The van der Waals surface area contributed by atoms with E-state index in [1.54, 1.807) is 7.05 Å². The Morgan fingerprint density at radius 2 is 1.70 bits per heavy atom. The molecule has 2 heterocycles. The first-order chi connectivity index (χ1) is 14.7. The molecule has 0 radical (unpaired) electrons. The normalized spacial score (nSPS) is 13.5. The van der Waals surface area contributed by atoms with Gasteiger partial charge in [0.05, 0.1) is 17.1 Å². The van der Waals surface area contributed by atoms with Crippen molar-refractivity contribution in [2.75, 3.05) is 11.9 Å². The SMILES string of the molecule is C=CC1=C(/C=C\C)N(c2ccccc2)c2ccccc2-c2[nH]c(C=C)c(C=NC)c21. The number of fused-ring (bicyclic) bond motifs is 3. The van der Waals surface area contributed by atoms with E-state index in [1.165, 1.54) is 0 Å². The van der Waals surface area contributed by atoms with E-state index in [9.17, 15) is 0 Å². The van der Waals surface area contributed by atoms with Gasteiger partial charge in [0.1, 0.15) is 0 Å². The van der Waals surface area contributed by atoms with Crippen molar-refractivity contribution in [3.63, 3.8) is 0 Å². The van der Waals surface area contributed by atoms with Crippen molar-refractivity contribution in [1.82, 2.24) is 4.98 Å². The van der Waals surface area contributed by atoms with Crippen LogP contribution >= 0.6 is 0 Å². The van der Waals surface area contributed by atoms with Crippen LogP contribution < -0.4 is 4.90 Å². The number of rotatable bonds is 5. The quantitative estimate of drug-likeness (QED) is 0.467. The van der Waals surface area contributed by atoms with Gasteiger partial charge in [-0.3, -0.25) is 4.99 Å². The smallest absolute Gasteiger partial charge is 0.0567 e. The van der Waals surface area contributed by atoms with Crippen LogP contribution in [0.2, 0.25) is 0 Å². The van der Waals surface area contributed by atoms with Crippen molar-refractivity contribution >= 4 is 29.2 Å². The van der Waals surface area contributed by atoms with Gasteiger partial charge in [-0.15, -0.1) is 0 Å². The maximum absolute atomic E-state index is 4.32. The number of aromatic amines is 1. The van der Waals surface area contributed by atoms with Crippen LogP contribution in [0, 0.1) is 0 Å². The molecular weight excluding hydrogens is 366 g/mol. The van der Waals surface area contributed by atoms with E-state index in [2.05, 4.69) is 88.7 Å². The minimum atomic E-state index is 0.952. The number of para-hydroxylation sites is 2. The molecule has 1 aliphatic heterocycles. The monoisotopic (exact) mass is 391 g/mol. The zero-order chi connectivity index (χ0) is 21.1.